The van der Waals surface area contributed by atoms with Crippen LogP contribution in [0.3, 0.4) is 0 Å². The Morgan fingerprint density at radius 2 is 2.10 bits per heavy atom. The number of rotatable bonds is 4. The number of hydrogen-bond donors (Lipinski definition) is 1. The number of hydrogen-bond acceptors (Lipinski definition) is 5. The third kappa shape index (κ3) is 2.69. The first-order chi connectivity index (χ1) is 10.3. The number of benzene rings is 1. The lowest BCUT2D eigenvalue weighted by molar-refractivity contribution is 0.325. The van der Waals surface area contributed by atoms with Crippen LogP contribution in [0.1, 0.15) is 6.92 Å². The van der Waals surface area contributed by atoms with Crippen molar-refractivity contribution < 1.29 is 4.74 Å². The van der Waals surface area contributed by atoms with E-state index in [1.54, 1.807) is 23.1 Å². The fraction of sp³-hybridized carbons (Fsp3) is 0.133. The summed E-state index contributed by atoms with van der Waals surface area (Å²) in [5.74, 6) is 0.987. The van der Waals surface area contributed by atoms with Crippen molar-refractivity contribution in [3.8, 4) is 23.0 Å². The molecule has 2 aromatic heterocycles. The van der Waals surface area contributed by atoms with Crippen molar-refractivity contribution in [1.29, 1.82) is 0 Å². The van der Waals surface area contributed by atoms with Crippen LogP contribution in [-0.4, -0.2) is 26.4 Å². The maximum atomic E-state index is 5.98. The van der Waals surface area contributed by atoms with E-state index in [1.165, 1.54) is 0 Å². The van der Waals surface area contributed by atoms with Crippen molar-refractivity contribution in [3.63, 3.8) is 0 Å². The molecular weight excluding hydrogens is 266 g/mol. The van der Waals surface area contributed by atoms with Crippen LogP contribution in [0, 0.1) is 0 Å². The Labute approximate surface area is 122 Å². The lowest BCUT2D eigenvalue weighted by atomic mass is 10.1. The number of nitrogens with zero attached hydrogens (tertiary/aromatic N) is 4. The van der Waals surface area contributed by atoms with Gasteiger partial charge in [0.25, 0.3) is 5.95 Å². The third-order valence-electron chi connectivity index (χ3n) is 2.97. The molecule has 3 rings (SSSR count). The van der Waals surface area contributed by atoms with E-state index in [4.69, 9.17) is 10.5 Å². The Balaban J connectivity index is 1.95. The Morgan fingerprint density at radius 3 is 2.90 bits per heavy atom. The van der Waals surface area contributed by atoms with Gasteiger partial charge in [-0.3, -0.25) is 0 Å². The van der Waals surface area contributed by atoms with Gasteiger partial charge in [0.1, 0.15) is 0 Å². The lowest BCUT2D eigenvalue weighted by Gasteiger charge is -2.04. The zero-order valence-electron chi connectivity index (χ0n) is 11.6. The van der Waals surface area contributed by atoms with Crippen molar-refractivity contribution in [2.24, 2.45) is 0 Å². The number of anilines is 1. The average Bonchev–Trinajstić information content (AvgIpc) is 2.98. The molecule has 106 valence electrons. The minimum atomic E-state index is 0.460. The van der Waals surface area contributed by atoms with Gasteiger partial charge in [0.15, 0.2) is 0 Å². The number of nitrogens with two attached hydrogens (primary N) is 1. The highest BCUT2D eigenvalue weighted by atomic mass is 16.5. The van der Waals surface area contributed by atoms with E-state index in [-0.39, 0.29) is 0 Å². The smallest absolute Gasteiger partial charge is 0.253 e. The number of nitrogen functional groups attached to an aromatic ring is 1. The van der Waals surface area contributed by atoms with Crippen LogP contribution in [0.25, 0.3) is 17.1 Å². The van der Waals surface area contributed by atoms with Crippen LogP contribution in [-0.2, 0) is 0 Å². The number of ether oxygens (including phenoxy) is 1. The highest BCUT2D eigenvalue weighted by molar-refractivity contribution is 5.75. The molecule has 0 saturated carbocycles. The largest absolute Gasteiger partial charge is 0.478 e. The summed E-state index contributed by atoms with van der Waals surface area (Å²) in [5, 5.41) is 4.29. The second-order valence-electron chi connectivity index (χ2n) is 4.39. The average molecular weight is 281 g/mol. The monoisotopic (exact) mass is 281 g/mol. The summed E-state index contributed by atoms with van der Waals surface area (Å²) in [6.45, 7) is 2.47. The van der Waals surface area contributed by atoms with Gasteiger partial charge in [0.2, 0.25) is 5.88 Å². The zero-order valence-corrected chi connectivity index (χ0v) is 11.6. The van der Waals surface area contributed by atoms with Crippen molar-refractivity contribution >= 4 is 5.69 Å². The van der Waals surface area contributed by atoms with E-state index in [1.807, 2.05) is 37.4 Å². The molecule has 0 aliphatic rings. The van der Waals surface area contributed by atoms with Gasteiger partial charge in [-0.15, -0.1) is 0 Å². The molecule has 3 aromatic rings. The van der Waals surface area contributed by atoms with Gasteiger partial charge >= 0.3 is 0 Å². The fourth-order valence-electron chi connectivity index (χ4n) is 2.00. The van der Waals surface area contributed by atoms with Crippen LogP contribution in [0.4, 0.5) is 5.69 Å². The first-order valence-corrected chi connectivity index (χ1v) is 6.63. The minimum absolute atomic E-state index is 0.460. The Kier molecular flexibility index (Phi) is 3.51. The minimum Gasteiger partial charge on any atom is -0.478 e. The van der Waals surface area contributed by atoms with Crippen molar-refractivity contribution in [1.82, 2.24) is 19.7 Å². The van der Waals surface area contributed by atoms with E-state index in [2.05, 4.69) is 15.1 Å². The first-order valence-electron chi connectivity index (χ1n) is 6.63. The number of para-hydroxylation sites is 1. The molecule has 0 amide bonds. The van der Waals surface area contributed by atoms with Gasteiger partial charge in [-0.1, -0.05) is 18.2 Å². The normalized spacial score (nSPS) is 10.5. The van der Waals surface area contributed by atoms with Gasteiger partial charge in [0.05, 0.1) is 12.8 Å². The molecule has 2 N–H and O–H groups in total. The van der Waals surface area contributed by atoms with Crippen molar-refractivity contribution in [3.05, 3.63) is 48.9 Å². The summed E-state index contributed by atoms with van der Waals surface area (Å²) in [7, 11) is 0. The van der Waals surface area contributed by atoms with Crippen molar-refractivity contribution in [2.45, 2.75) is 6.92 Å². The lowest BCUT2D eigenvalue weighted by Crippen LogP contribution is -2.03. The Bertz CT molecular complexity index is 753. The third-order valence-corrected chi connectivity index (χ3v) is 2.97. The first kappa shape index (κ1) is 13.1. The quantitative estimate of drug-likeness (QED) is 0.742. The van der Waals surface area contributed by atoms with E-state index < -0.39 is 0 Å². The molecule has 0 aliphatic heterocycles. The summed E-state index contributed by atoms with van der Waals surface area (Å²) < 4.78 is 6.97. The Morgan fingerprint density at radius 1 is 1.24 bits per heavy atom. The summed E-state index contributed by atoms with van der Waals surface area (Å²) in [6.07, 6.45) is 5.23. The topological polar surface area (TPSA) is 78.9 Å². The molecule has 21 heavy (non-hydrogen) atoms. The van der Waals surface area contributed by atoms with Crippen LogP contribution < -0.4 is 10.5 Å². The molecule has 0 radical (unpaired) electrons. The van der Waals surface area contributed by atoms with E-state index in [0.29, 0.717) is 24.1 Å². The maximum absolute atomic E-state index is 5.98. The standard InChI is InChI=1S/C15H15N5O/c1-2-21-14-7-8-17-15(19-14)20-10-11(9-18-20)12-5-3-4-6-13(12)16/h3-10H,2,16H2,1H3. The molecule has 0 unspecified atom stereocenters. The molecule has 6 heteroatoms. The predicted molar refractivity (Wildman–Crippen MR) is 80.2 cm³/mol. The molecule has 2 heterocycles. The van der Waals surface area contributed by atoms with Gasteiger partial charge in [-0.2, -0.15) is 10.1 Å². The molecule has 0 atom stereocenters. The molecule has 0 fully saturated rings. The van der Waals surface area contributed by atoms with Crippen LogP contribution in [0.5, 0.6) is 5.88 Å². The molecule has 1 aromatic carbocycles. The zero-order chi connectivity index (χ0) is 14.7. The van der Waals surface area contributed by atoms with Crippen molar-refractivity contribution in [2.75, 3.05) is 12.3 Å². The van der Waals surface area contributed by atoms with E-state index >= 15 is 0 Å². The van der Waals surface area contributed by atoms with E-state index in [0.717, 1.165) is 11.1 Å². The molecule has 6 nitrogen and oxygen atoms in total. The summed E-state index contributed by atoms with van der Waals surface area (Å²) in [6, 6.07) is 9.37. The molecule has 0 aliphatic carbocycles. The van der Waals surface area contributed by atoms with E-state index in [9.17, 15) is 0 Å². The van der Waals surface area contributed by atoms with Gasteiger partial charge in [-0.05, 0) is 13.0 Å². The molecule has 0 saturated heterocycles. The highest BCUT2D eigenvalue weighted by Gasteiger charge is 2.08. The van der Waals surface area contributed by atoms with Gasteiger partial charge in [-0.25, -0.2) is 9.67 Å². The van der Waals surface area contributed by atoms with Crippen LogP contribution in [0.2, 0.25) is 0 Å². The SMILES string of the molecule is CCOc1ccnc(-n2cc(-c3ccccc3N)cn2)n1. The summed E-state index contributed by atoms with van der Waals surface area (Å²) in [5.41, 5.74) is 8.54. The highest BCUT2D eigenvalue weighted by Crippen LogP contribution is 2.25. The maximum Gasteiger partial charge on any atom is 0.253 e. The summed E-state index contributed by atoms with van der Waals surface area (Å²) in [4.78, 5) is 8.50. The summed E-state index contributed by atoms with van der Waals surface area (Å²) >= 11 is 0. The molecule has 0 bridgehead atoms. The second kappa shape index (κ2) is 5.62. The van der Waals surface area contributed by atoms with Crippen LogP contribution in [0.15, 0.2) is 48.9 Å². The predicted octanol–water partition coefficient (Wildman–Crippen LogP) is 2.31. The molecule has 0 spiro atoms. The van der Waals surface area contributed by atoms with Gasteiger partial charge < -0.3 is 10.5 Å². The number of aromatic nitrogens is 4. The second-order valence-corrected chi connectivity index (χ2v) is 4.39. The van der Waals surface area contributed by atoms with Gasteiger partial charge in [0, 0.05) is 35.3 Å². The fourth-order valence-corrected chi connectivity index (χ4v) is 2.00. The molecular formula is C15H15N5O. The van der Waals surface area contributed by atoms with Crippen LogP contribution >= 0.6 is 0 Å². The Hall–Kier alpha value is -2.89.